The number of nitrogens with one attached hydrogen (secondary N) is 1. The fourth-order valence-corrected chi connectivity index (χ4v) is 3.56. The van der Waals surface area contributed by atoms with Gasteiger partial charge >= 0.3 is 0 Å². The van der Waals surface area contributed by atoms with E-state index < -0.39 is 0 Å². The predicted molar refractivity (Wildman–Crippen MR) is 95.4 cm³/mol. The Labute approximate surface area is 146 Å². The lowest BCUT2D eigenvalue weighted by atomic mass is 9.97. The summed E-state index contributed by atoms with van der Waals surface area (Å²) in [6.45, 7) is 7.43. The van der Waals surface area contributed by atoms with Crippen LogP contribution in [0.2, 0.25) is 0 Å². The summed E-state index contributed by atoms with van der Waals surface area (Å²) in [7, 11) is 0. The number of rotatable bonds is 6. The van der Waals surface area contributed by atoms with Crippen LogP contribution in [0.4, 0.5) is 0 Å². The normalized spacial score (nSPS) is 18.9. The molecule has 1 aromatic heterocycles. The van der Waals surface area contributed by atoms with Gasteiger partial charge in [0.05, 0.1) is 11.7 Å². The topological polar surface area (TPSA) is 67.4 Å². The van der Waals surface area contributed by atoms with Gasteiger partial charge in [0.1, 0.15) is 16.8 Å². The first-order chi connectivity index (χ1) is 11.6. The zero-order chi connectivity index (χ0) is 16.9. The highest BCUT2D eigenvalue weighted by Crippen LogP contribution is 2.19. The molecule has 130 valence electrons. The molecule has 1 N–H and O–H groups in total. The van der Waals surface area contributed by atoms with Crippen LogP contribution in [0.1, 0.15) is 26.7 Å². The third-order valence-electron chi connectivity index (χ3n) is 4.46. The Morgan fingerprint density at radius 3 is 3.08 bits per heavy atom. The Morgan fingerprint density at radius 1 is 1.42 bits per heavy atom. The van der Waals surface area contributed by atoms with Gasteiger partial charge in [0.25, 0.3) is 5.91 Å². The molecule has 3 rings (SSSR count). The van der Waals surface area contributed by atoms with E-state index in [9.17, 15) is 4.79 Å². The standard InChI is InChI=1S/C17H24N4O2S/c1-12(2)21-7-3-4-13(10-21)9-18-17(22)11-23-14-5-6-15-16(8-14)20-24-19-15/h5-6,8,12-13H,3-4,7,9-11H2,1-2H3,(H,18,22)/t13-/m1/s1. The molecule has 1 aromatic carbocycles. The van der Waals surface area contributed by atoms with E-state index in [0.29, 0.717) is 17.7 Å². The molecule has 2 heterocycles. The number of likely N-dealkylation sites (tertiary alicyclic amines) is 1. The summed E-state index contributed by atoms with van der Waals surface area (Å²) in [6.07, 6.45) is 2.38. The van der Waals surface area contributed by atoms with Crippen LogP contribution in [0.5, 0.6) is 5.75 Å². The molecule has 0 radical (unpaired) electrons. The van der Waals surface area contributed by atoms with E-state index in [4.69, 9.17) is 4.74 Å². The number of benzene rings is 1. The van der Waals surface area contributed by atoms with Gasteiger partial charge in [-0.3, -0.25) is 4.79 Å². The minimum absolute atomic E-state index is 0.0314. The fraction of sp³-hybridized carbons (Fsp3) is 0.588. The van der Waals surface area contributed by atoms with Crippen LogP contribution in [0.3, 0.4) is 0 Å². The zero-order valence-corrected chi connectivity index (χ0v) is 15.0. The number of fused-ring (bicyclic) bond motifs is 1. The van der Waals surface area contributed by atoms with Crippen molar-refractivity contribution in [3.8, 4) is 5.75 Å². The summed E-state index contributed by atoms with van der Waals surface area (Å²) in [4.78, 5) is 14.5. The van der Waals surface area contributed by atoms with Gasteiger partial charge in [-0.15, -0.1) is 0 Å². The number of piperidine rings is 1. The lowest BCUT2D eigenvalue weighted by molar-refractivity contribution is -0.123. The van der Waals surface area contributed by atoms with Crippen molar-refractivity contribution in [2.24, 2.45) is 5.92 Å². The van der Waals surface area contributed by atoms with E-state index in [1.165, 1.54) is 31.1 Å². The number of carbonyl (C=O) groups is 1. The number of hydrogen-bond donors (Lipinski definition) is 1. The zero-order valence-electron chi connectivity index (χ0n) is 14.2. The van der Waals surface area contributed by atoms with Crippen molar-refractivity contribution in [3.05, 3.63) is 18.2 Å². The number of aromatic nitrogens is 2. The molecule has 1 aliphatic heterocycles. The lowest BCUT2D eigenvalue weighted by Gasteiger charge is -2.35. The molecule has 6 nitrogen and oxygen atoms in total. The van der Waals surface area contributed by atoms with Crippen LogP contribution < -0.4 is 10.1 Å². The van der Waals surface area contributed by atoms with Crippen molar-refractivity contribution in [3.63, 3.8) is 0 Å². The van der Waals surface area contributed by atoms with E-state index in [1.54, 1.807) is 0 Å². The maximum atomic E-state index is 12.0. The first-order valence-electron chi connectivity index (χ1n) is 8.47. The van der Waals surface area contributed by atoms with Crippen LogP contribution in [0.15, 0.2) is 18.2 Å². The van der Waals surface area contributed by atoms with Crippen molar-refractivity contribution in [1.29, 1.82) is 0 Å². The smallest absolute Gasteiger partial charge is 0.257 e. The number of hydrogen-bond acceptors (Lipinski definition) is 6. The molecule has 0 aliphatic carbocycles. The first kappa shape index (κ1) is 17.1. The summed E-state index contributed by atoms with van der Waals surface area (Å²) >= 11 is 1.17. The monoisotopic (exact) mass is 348 g/mol. The summed E-state index contributed by atoms with van der Waals surface area (Å²) in [5.41, 5.74) is 1.65. The average Bonchev–Trinajstić information content (AvgIpc) is 3.06. The molecule has 0 unspecified atom stereocenters. The van der Waals surface area contributed by atoms with Gasteiger partial charge in [0.15, 0.2) is 6.61 Å². The third kappa shape index (κ3) is 4.42. The molecule has 1 fully saturated rings. The summed E-state index contributed by atoms with van der Waals surface area (Å²) < 4.78 is 13.9. The number of amides is 1. The van der Waals surface area contributed by atoms with Crippen molar-refractivity contribution in [1.82, 2.24) is 19.0 Å². The number of nitrogens with zero attached hydrogens (tertiary/aromatic N) is 3. The molecule has 7 heteroatoms. The fourth-order valence-electron chi connectivity index (χ4n) is 3.04. The molecule has 1 atom stereocenters. The van der Waals surface area contributed by atoms with Gasteiger partial charge in [-0.25, -0.2) is 0 Å². The molecular formula is C17H24N4O2S. The van der Waals surface area contributed by atoms with Crippen LogP contribution in [0.25, 0.3) is 11.0 Å². The van der Waals surface area contributed by atoms with E-state index in [1.807, 2.05) is 18.2 Å². The summed E-state index contributed by atoms with van der Waals surface area (Å²) in [6, 6.07) is 6.06. The average molecular weight is 348 g/mol. The lowest BCUT2D eigenvalue weighted by Crippen LogP contribution is -2.44. The maximum Gasteiger partial charge on any atom is 0.257 e. The Hall–Kier alpha value is -1.73. The first-order valence-corrected chi connectivity index (χ1v) is 9.20. The second kappa shape index (κ2) is 7.90. The van der Waals surface area contributed by atoms with Gasteiger partial charge in [-0.2, -0.15) is 8.75 Å². The van der Waals surface area contributed by atoms with Gasteiger partial charge in [-0.05, 0) is 51.3 Å². The van der Waals surface area contributed by atoms with Gasteiger partial charge in [0, 0.05) is 25.2 Å². The molecule has 0 spiro atoms. The van der Waals surface area contributed by atoms with Crippen LogP contribution in [-0.4, -0.2) is 51.8 Å². The van der Waals surface area contributed by atoms with Crippen LogP contribution in [0, 0.1) is 5.92 Å². The maximum absolute atomic E-state index is 12.0. The van der Waals surface area contributed by atoms with E-state index in [-0.39, 0.29) is 12.5 Å². The van der Waals surface area contributed by atoms with E-state index in [2.05, 4.69) is 32.8 Å². The molecule has 2 aromatic rings. The molecular weight excluding hydrogens is 324 g/mol. The molecule has 0 bridgehead atoms. The number of carbonyl (C=O) groups excluding carboxylic acids is 1. The molecule has 1 aliphatic rings. The minimum atomic E-state index is -0.0758. The molecule has 1 saturated heterocycles. The van der Waals surface area contributed by atoms with Gasteiger partial charge in [0.2, 0.25) is 0 Å². The molecule has 24 heavy (non-hydrogen) atoms. The van der Waals surface area contributed by atoms with E-state index in [0.717, 1.165) is 24.1 Å². The highest BCUT2D eigenvalue weighted by atomic mass is 32.1. The van der Waals surface area contributed by atoms with Crippen LogP contribution >= 0.6 is 11.7 Å². The third-order valence-corrected chi connectivity index (χ3v) is 5.02. The van der Waals surface area contributed by atoms with Crippen LogP contribution in [-0.2, 0) is 4.79 Å². The van der Waals surface area contributed by atoms with Gasteiger partial charge in [-0.1, -0.05) is 0 Å². The van der Waals surface area contributed by atoms with Crippen molar-refractivity contribution >= 4 is 28.7 Å². The van der Waals surface area contributed by atoms with Gasteiger partial charge < -0.3 is 15.0 Å². The predicted octanol–water partition coefficient (Wildman–Crippen LogP) is 2.31. The second-order valence-corrected chi connectivity index (χ2v) is 7.13. The van der Waals surface area contributed by atoms with Crippen molar-refractivity contribution in [2.75, 3.05) is 26.2 Å². The van der Waals surface area contributed by atoms with Crippen molar-refractivity contribution < 1.29 is 9.53 Å². The Morgan fingerprint density at radius 2 is 2.25 bits per heavy atom. The summed E-state index contributed by atoms with van der Waals surface area (Å²) in [5.74, 6) is 1.10. The van der Waals surface area contributed by atoms with E-state index >= 15 is 0 Å². The molecule has 1 amide bonds. The highest BCUT2D eigenvalue weighted by Gasteiger charge is 2.21. The Kier molecular flexibility index (Phi) is 5.63. The minimum Gasteiger partial charge on any atom is -0.484 e. The largest absolute Gasteiger partial charge is 0.484 e. The Balaban J connectivity index is 1.42. The second-order valence-electron chi connectivity index (χ2n) is 6.60. The molecule has 0 saturated carbocycles. The van der Waals surface area contributed by atoms with Crippen molar-refractivity contribution in [2.45, 2.75) is 32.7 Å². The highest BCUT2D eigenvalue weighted by molar-refractivity contribution is 7.00. The Bertz CT molecular complexity index is 688. The SMILES string of the molecule is CC(C)N1CCC[C@H](CNC(=O)COc2ccc3nsnc3c2)C1. The quantitative estimate of drug-likeness (QED) is 0.868. The summed E-state index contributed by atoms with van der Waals surface area (Å²) in [5, 5.41) is 3.00. The number of ether oxygens (including phenoxy) is 1.